The molecule has 2 amide bonds. The number of amides is 2. The van der Waals surface area contributed by atoms with Gasteiger partial charge < -0.3 is 20.1 Å². The summed E-state index contributed by atoms with van der Waals surface area (Å²) < 4.78 is 1.94. The predicted octanol–water partition coefficient (Wildman–Crippen LogP) is 3.04. The molecule has 1 aromatic carbocycles. The number of halogens is 1. The second kappa shape index (κ2) is 7.57. The number of nitrogens with zero attached hydrogens (tertiary/aromatic N) is 3. The van der Waals surface area contributed by atoms with Crippen molar-refractivity contribution in [2.45, 2.75) is 19.3 Å². The van der Waals surface area contributed by atoms with Crippen LogP contribution in [0.5, 0.6) is 0 Å². The molecule has 7 heteroatoms. The Morgan fingerprint density at radius 1 is 1.33 bits per heavy atom. The van der Waals surface area contributed by atoms with Gasteiger partial charge in [-0.1, -0.05) is 11.6 Å². The van der Waals surface area contributed by atoms with Crippen LogP contribution >= 0.6 is 11.6 Å². The van der Waals surface area contributed by atoms with Crippen molar-refractivity contribution >= 4 is 29.0 Å². The highest BCUT2D eigenvalue weighted by molar-refractivity contribution is 6.33. The van der Waals surface area contributed by atoms with E-state index in [1.165, 1.54) is 12.8 Å². The lowest BCUT2D eigenvalue weighted by molar-refractivity contribution is 0.252. The lowest BCUT2D eigenvalue weighted by Crippen LogP contribution is -2.30. The topological polar surface area (TPSA) is 62.2 Å². The number of anilines is 2. The highest BCUT2D eigenvalue weighted by atomic mass is 35.5. The smallest absolute Gasteiger partial charge is 0.319 e. The minimum Gasteiger partial charge on any atom is -0.370 e. The van der Waals surface area contributed by atoms with Gasteiger partial charge in [-0.2, -0.15) is 0 Å². The number of urea groups is 1. The van der Waals surface area contributed by atoms with Crippen LogP contribution in [-0.2, 0) is 13.5 Å². The van der Waals surface area contributed by atoms with E-state index in [0.717, 1.165) is 24.6 Å². The third-order valence-corrected chi connectivity index (χ3v) is 4.51. The fourth-order valence-electron chi connectivity index (χ4n) is 2.90. The van der Waals surface area contributed by atoms with Crippen LogP contribution < -0.4 is 15.5 Å². The first-order valence-electron chi connectivity index (χ1n) is 8.19. The van der Waals surface area contributed by atoms with E-state index in [0.29, 0.717) is 23.7 Å². The van der Waals surface area contributed by atoms with Crippen LogP contribution in [0, 0.1) is 0 Å². The summed E-state index contributed by atoms with van der Waals surface area (Å²) in [5.41, 5.74) is 1.73. The summed E-state index contributed by atoms with van der Waals surface area (Å²) in [7, 11) is 1.94. The predicted molar refractivity (Wildman–Crippen MR) is 96.8 cm³/mol. The summed E-state index contributed by atoms with van der Waals surface area (Å²) in [6.45, 7) is 2.61. The van der Waals surface area contributed by atoms with E-state index < -0.39 is 0 Å². The second-order valence-corrected chi connectivity index (χ2v) is 6.35. The normalized spacial score (nSPS) is 14.0. The molecule has 0 atom stereocenters. The van der Waals surface area contributed by atoms with E-state index in [4.69, 9.17) is 11.6 Å². The minimum atomic E-state index is -0.241. The standard InChI is InChI=1S/C17H22ClN5O/c1-22-11-8-19-16(22)6-7-20-17(24)21-13-4-5-15(14(18)12-13)23-9-2-3-10-23/h4-5,8,11-12H,2-3,6-7,9-10H2,1H3,(H2,20,21,24). The molecule has 2 aromatic rings. The number of hydrogen-bond donors (Lipinski definition) is 2. The Hall–Kier alpha value is -2.21. The van der Waals surface area contributed by atoms with E-state index in [-0.39, 0.29) is 6.03 Å². The maximum atomic E-state index is 12.0. The molecule has 3 rings (SSSR count). The van der Waals surface area contributed by atoms with Gasteiger partial charge in [0, 0.05) is 51.2 Å². The van der Waals surface area contributed by atoms with Crippen molar-refractivity contribution < 1.29 is 4.79 Å². The van der Waals surface area contributed by atoms with E-state index in [1.54, 1.807) is 12.3 Å². The largest absolute Gasteiger partial charge is 0.370 e. The Morgan fingerprint density at radius 2 is 2.12 bits per heavy atom. The molecule has 0 spiro atoms. The zero-order chi connectivity index (χ0) is 16.9. The van der Waals surface area contributed by atoms with Gasteiger partial charge in [0.25, 0.3) is 0 Å². The summed E-state index contributed by atoms with van der Waals surface area (Å²) in [6.07, 6.45) is 6.73. The van der Waals surface area contributed by atoms with Gasteiger partial charge in [-0.25, -0.2) is 9.78 Å². The Bertz CT molecular complexity index is 709. The monoisotopic (exact) mass is 347 g/mol. The van der Waals surface area contributed by atoms with Gasteiger partial charge in [0.05, 0.1) is 10.7 Å². The van der Waals surface area contributed by atoms with Gasteiger partial charge in [-0.15, -0.1) is 0 Å². The molecule has 2 N–H and O–H groups in total. The minimum absolute atomic E-state index is 0.241. The Kier molecular flexibility index (Phi) is 5.25. The van der Waals surface area contributed by atoms with Crippen molar-refractivity contribution in [2.75, 3.05) is 29.9 Å². The number of aryl methyl sites for hydroxylation is 1. The van der Waals surface area contributed by atoms with Crippen molar-refractivity contribution in [1.29, 1.82) is 0 Å². The van der Waals surface area contributed by atoms with Crippen LogP contribution in [0.3, 0.4) is 0 Å². The number of rotatable bonds is 5. The first-order chi connectivity index (χ1) is 11.6. The molecular formula is C17H22ClN5O. The SMILES string of the molecule is Cn1ccnc1CCNC(=O)Nc1ccc(N2CCCC2)c(Cl)c1. The maximum Gasteiger partial charge on any atom is 0.319 e. The van der Waals surface area contributed by atoms with E-state index in [1.807, 2.05) is 29.9 Å². The summed E-state index contributed by atoms with van der Waals surface area (Å²) in [4.78, 5) is 18.5. The number of benzene rings is 1. The number of carbonyl (C=O) groups excluding carboxylic acids is 1. The first-order valence-corrected chi connectivity index (χ1v) is 8.57. The van der Waals surface area contributed by atoms with E-state index in [9.17, 15) is 4.79 Å². The van der Waals surface area contributed by atoms with Gasteiger partial charge in [0.1, 0.15) is 5.82 Å². The number of nitrogens with one attached hydrogen (secondary N) is 2. The highest BCUT2D eigenvalue weighted by Gasteiger charge is 2.15. The molecule has 6 nitrogen and oxygen atoms in total. The van der Waals surface area contributed by atoms with Crippen LogP contribution in [0.4, 0.5) is 16.2 Å². The zero-order valence-electron chi connectivity index (χ0n) is 13.8. The molecule has 1 aliphatic rings. The molecule has 1 saturated heterocycles. The molecule has 1 aliphatic heterocycles. The lowest BCUT2D eigenvalue weighted by atomic mass is 10.2. The lowest BCUT2D eigenvalue weighted by Gasteiger charge is -2.19. The fraction of sp³-hybridized carbons (Fsp3) is 0.412. The van der Waals surface area contributed by atoms with Crippen molar-refractivity contribution in [3.05, 3.63) is 41.4 Å². The highest BCUT2D eigenvalue weighted by Crippen LogP contribution is 2.31. The zero-order valence-corrected chi connectivity index (χ0v) is 14.5. The number of aromatic nitrogens is 2. The molecule has 0 radical (unpaired) electrons. The van der Waals surface area contributed by atoms with E-state index >= 15 is 0 Å². The van der Waals surface area contributed by atoms with Crippen LogP contribution in [0.15, 0.2) is 30.6 Å². The van der Waals surface area contributed by atoms with Crippen molar-refractivity contribution in [3.8, 4) is 0 Å². The van der Waals surface area contributed by atoms with Crippen molar-refractivity contribution in [2.24, 2.45) is 7.05 Å². The molecular weight excluding hydrogens is 326 g/mol. The van der Waals surface area contributed by atoms with Crippen LogP contribution in [-0.4, -0.2) is 35.2 Å². The Labute approximate surface area is 146 Å². The third kappa shape index (κ3) is 4.00. The second-order valence-electron chi connectivity index (χ2n) is 5.95. The average molecular weight is 348 g/mol. The molecule has 0 saturated carbocycles. The molecule has 0 bridgehead atoms. The molecule has 0 unspecified atom stereocenters. The Morgan fingerprint density at radius 3 is 2.79 bits per heavy atom. The van der Waals surface area contributed by atoms with Gasteiger partial charge >= 0.3 is 6.03 Å². The van der Waals surface area contributed by atoms with Gasteiger partial charge in [0.15, 0.2) is 0 Å². The average Bonchev–Trinajstić information content (AvgIpc) is 3.20. The molecule has 2 heterocycles. The first kappa shape index (κ1) is 16.6. The summed E-state index contributed by atoms with van der Waals surface area (Å²) in [5.74, 6) is 0.938. The summed E-state index contributed by atoms with van der Waals surface area (Å²) in [6, 6.07) is 5.41. The summed E-state index contributed by atoms with van der Waals surface area (Å²) in [5, 5.41) is 6.31. The molecule has 24 heavy (non-hydrogen) atoms. The molecule has 1 aromatic heterocycles. The number of imidazole rings is 1. The van der Waals surface area contributed by atoms with Gasteiger partial charge in [-0.05, 0) is 31.0 Å². The van der Waals surface area contributed by atoms with Crippen LogP contribution in [0.2, 0.25) is 5.02 Å². The molecule has 1 fully saturated rings. The summed E-state index contributed by atoms with van der Waals surface area (Å²) >= 11 is 6.36. The molecule has 128 valence electrons. The maximum absolute atomic E-state index is 12.0. The van der Waals surface area contributed by atoms with Gasteiger partial charge in [0.2, 0.25) is 0 Å². The van der Waals surface area contributed by atoms with Crippen LogP contribution in [0.1, 0.15) is 18.7 Å². The fourth-order valence-corrected chi connectivity index (χ4v) is 3.20. The van der Waals surface area contributed by atoms with Crippen molar-refractivity contribution in [1.82, 2.24) is 14.9 Å². The number of hydrogen-bond acceptors (Lipinski definition) is 3. The molecule has 0 aliphatic carbocycles. The van der Waals surface area contributed by atoms with Gasteiger partial charge in [-0.3, -0.25) is 0 Å². The third-order valence-electron chi connectivity index (χ3n) is 4.21. The van der Waals surface area contributed by atoms with Crippen LogP contribution in [0.25, 0.3) is 0 Å². The number of carbonyl (C=O) groups is 1. The van der Waals surface area contributed by atoms with Crippen molar-refractivity contribution in [3.63, 3.8) is 0 Å². The van der Waals surface area contributed by atoms with E-state index in [2.05, 4.69) is 20.5 Å². The Balaban J connectivity index is 1.50. The quantitative estimate of drug-likeness (QED) is 0.873.